The van der Waals surface area contributed by atoms with Gasteiger partial charge in [0.15, 0.2) is 0 Å². The number of ether oxygens (including phenoxy) is 1. The maximum Gasteiger partial charge on any atom is 0.244 e. The number of aliphatic hydroxyl groups excluding tert-OH is 1. The Morgan fingerprint density at radius 3 is 2.83 bits per heavy atom. The van der Waals surface area contributed by atoms with Crippen LogP contribution < -0.4 is 10.1 Å². The number of hydrogen-bond donors (Lipinski definition) is 2. The first-order valence-corrected chi connectivity index (χ1v) is 5.93. The molecule has 18 heavy (non-hydrogen) atoms. The SMILES string of the molecule is CC[C@@H](CO)NC(=O)/C=C/c1ccccc1OC. The highest BCUT2D eigenvalue weighted by atomic mass is 16.5. The minimum absolute atomic E-state index is 0.0509. The molecule has 1 rings (SSSR count). The molecule has 2 N–H and O–H groups in total. The second-order valence-electron chi connectivity index (χ2n) is 3.87. The summed E-state index contributed by atoms with van der Waals surface area (Å²) >= 11 is 0. The summed E-state index contributed by atoms with van der Waals surface area (Å²) in [6, 6.07) is 7.25. The topological polar surface area (TPSA) is 58.6 Å². The molecule has 1 atom stereocenters. The number of nitrogens with one attached hydrogen (secondary N) is 1. The minimum atomic E-state index is -0.221. The number of methoxy groups -OCH3 is 1. The summed E-state index contributed by atoms with van der Waals surface area (Å²) in [6.45, 7) is 1.86. The van der Waals surface area contributed by atoms with Crippen LogP contribution in [0, 0.1) is 0 Å². The Labute approximate surface area is 107 Å². The van der Waals surface area contributed by atoms with Crippen LogP contribution in [0.2, 0.25) is 0 Å². The smallest absolute Gasteiger partial charge is 0.244 e. The number of hydrogen-bond acceptors (Lipinski definition) is 3. The third kappa shape index (κ3) is 4.22. The molecule has 0 saturated carbocycles. The summed E-state index contributed by atoms with van der Waals surface area (Å²) < 4.78 is 5.18. The lowest BCUT2D eigenvalue weighted by Gasteiger charge is -2.11. The fraction of sp³-hybridized carbons (Fsp3) is 0.357. The summed E-state index contributed by atoms with van der Waals surface area (Å²) in [6.07, 6.45) is 3.83. The molecule has 0 bridgehead atoms. The molecular weight excluding hydrogens is 230 g/mol. The zero-order chi connectivity index (χ0) is 13.4. The number of amides is 1. The van der Waals surface area contributed by atoms with E-state index in [1.54, 1.807) is 13.2 Å². The highest BCUT2D eigenvalue weighted by Crippen LogP contribution is 2.18. The molecule has 0 aromatic heterocycles. The van der Waals surface area contributed by atoms with E-state index < -0.39 is 0 Å². The highest BCUT2D eigenvalue weighted by molar-refractivity contribution is 5.92. The molecule has 4 heteroatoms. The van der Waals surface area contributed by atoms with Gasteiger partial charge in [0, 0.05) is 11.6 Å². The van der Waals surface area contributed by atoms with E-state index in [9.17, 15) is 4.79 Å². The van der Waals surface area contributed by atoms with E-state index >= 15 is 0 Å². The predicted octanol–water partition coefficient (Wildman–Crippen LogP) is 1.60. The molecular formula is C14H19NO3. The molecule has 1 aromatic carbocycles. The van der Waals surface area contributed by atoms with Crippen LogP contribution >= 0.6 is 0 Å². The summed E-state index contributed by atoms with van der Waals surface area (Å²) in [5.74, 6) is 0.498. The first-order chi connectivity index (χ1) is 8.71. The Balaban J connectivity index is 2.66. The van der Waals surface area contributed by atoms with Gasteiger partial charge in [-0.25, -0.2) is 0 Å². The van der Waals surface area contributed by atoms with Gasteiger partial charge < -0.3 is 15.2 Å². The van der Waals surface area contributed by atoms with Crippen LogP contribution in [0.5, 0.6) is 5.75 Å². The normalized spacial score (nSPS) is 12.4. The average molecular weight is 249 g/mol. The van der Waals surface area contributed by atoms with Gasteiger partial charge in [0.25, 0.3) is 0 Å². The first-order valence-electron chi connectivity index (χ1n) is 5.93. The zero-order valence-electron chi connectivity index (χ0n) is 10.7. The van der Waals surface area contributed by atoms with Gasteiger partial charge >= 0.3 is 0 Å². The number of aliphatic hydroxyl groups is 1. The van der Waals surface area contributed by atoms with E-state index in [0.717, 1.165) is 11.3 Å². The third-order valence-corrected chi connectivity index (χ3v) is 2.61. The summed E-state index contributed by atoms with van der Waals surface area (Å²) in [5.41, 5.74) is 0.840. The molecule has 0 radical (unpaired) electrons. The summed E-state index contributed by atoms with van der Waals surface area (Å²) in [5, 5.41) is 11.7. The van der Waals surface area contributed by atoms with Crippen LogP contribution in [0.25, 0.3) is 6.08 Å². The summed E-state index contributed by atoms with van der Waals surface area (Å²) in [7, 11) is 1.59. The van der Waals surface area contributed by atoms with Gasteiger partial charge in [0.2, 0.25) is 5.91 Å². The molecule has 0 spiro atoms. The molecule has 0 aliphatic rings. The standard InChI is InChI=1S/C14H19NO3/c1-3-12(10-16)15-14(17)9-8-11-6-4-5-7-13(11)18-2/h4-9,12,16H,3,10H2,1-2H3,(H,15,17)/b9-8+/t12-/m0/s1. The number of carbonyl (C=O) groups excluding carboxylic acids is 1. The molecule has 0 heterocycles. The maximum atomic E-state index is 11.6. The molecule has 0 unspecified atom stereocenters. The van der Waals surface area contributed by atoms with Gasteiger partial charge in [-0.05, 0) is 18.6 Å². The molecule has 0 aliphatic carbocycles. The molecule has 0 aliphatic heterocycles. The fourth-order valence-electron chi connectivity index (χ4n) is 1.50. The zero-order valence-corrected chi connectivity index (χ0v) is 10.7. The van der Waals surface area contributed by atoms with Crippen molar-refractivity contribution in [2.24, 2.45) is 0 Å². The van der Waals surface area contributed by atoms with Crippen LogP contribution in [-0.2, 0) is 4.79 Å². The van der Waals surface area contributed by atoms with E-state index in [0.29, 0.717) is 6.42 Å². The van der Waals surface area contributed by atoms with Gasteiger partial charge in [-0.1, -0.05) is 25.1 Å². The molecule has 98 valence electrons. The average Bonchev–Trinajstić information content (AvgIpc) is 2.42. The molecule has 1 amide bonds. The molecule has 0 saturated heterocycles. The van der Waals surface area contributed by atoms with Crippen LogP contribution in [0.4, 0.5) is 0 Å². The highest BCUT2D eigenvalue weighted by Gasteiger charge is 2.06. The lowest BCUT2D eigenvalue weighted by Crippen LogP contribution is -2.35. The molecule has 0 fully saturated rings. The van der Waals surface area contributed by atoms with E-state index in [4.69, 9.17) is 9.84 Å². The van der Waals surface area contributed by atoms with Crippen molar-refractivity contribution in [2.75, 3.05) is 13.7 Å². The van der Waals surface area contributed by atoms with Crippen LogP contribution in [0.1, 0.15) is 18.9 Å². The largest absolute Gasteiger partial charge is 0.496 e. The number of carbonyl (C=O) groups is 1. The van der Waals surface area contributed by atoms with Crippen molar-refractivity contribution >= 4 is 12.0 Å². The molecule has 4 nitrogen and oxygen atoms in total. The van der Waals surface area contributed by atoms with Crippen molar-refractivity contribution < 1.29 is 14.6 Å². The van der Waals surface area contributed by atoms with E-state index in [-0.39, 0.29) is 18.6 Å². The first kappa shape index (κ1) is 14.3. The van der Waals surface area contributed by atoms with Crippen LogP contribution in [-0.4, -0.2) is 30.8 Å². The van der Waals surface area contributed by atoms with Gasteiger partial charge in [-0.2, -0.15) is 0 Å². The number of para-hydroxylation sites is 1. The Hall–Kier alpha value is -1.81. The van der Waals surface area contributed by atoms with E-state index in [1.807, 2.05) is 31.2 Å². The Morgan fingerprint density at radius 1 is 1.50 bits per heavy atom. The monoisotopic (exact) mass is 249 g/mol. The van der Waals surface area contributed by atoms with Crippen molar-refractivity contribution in [1.29, 1.82) is 0 Å². The second kappa shape index (κ2) is 7.50. The van der Waals surface area contributed by atoms with Crippen molar-refractivity contribution in [3.8, 4) is 5.75 Å². The van der Waals surface area contributed by atoms with Crippen molar-refractivity contribution in [1.82, 2.24) is 5.32 Å². The Kier molecular flexibility index (Phi) is 5.94. The van der Waals surface area contributed by atoms with Crippen molar-refractivity contribution in [3.05, 3.63) is 35.9 Å². The van der Waals surface area contributed by atoms with Gasteiger partial charge in [-0.15, -0.1) is 0 Å². The number of rotatable bonds is 6. The summed E-state index contributed by atoms with van der Waals surface area (Å²) in [4.78, 5) is 11.6. The van der Waals surface area contributed by atoms with E-state index in [1.165, 1.54) is 6.08 Å². The lowest BCUT2D eigenvalue weighted by atomic mass is 10.2. The predicted molar refractivity (Wildman–Crippen MR) is 71.3 cm³/mol. The Bertz CT molecular complexity index is 411. The van der Waals surface area contributed by atoms with Crippen LogP contribution in [0.15, 0.2) is 30.3 Å². The van der Waals surface area contributed by atoms with E-state index in [2.05, 4.69) is 5.32 Å². The van der Waals surface area contributed by atoms with Gasteiger partial charge in [-0.3, -0.25) is 4.79 Å². The lowest BCUT2D eigenvalue weighted by molar-refractivity contribution is -0.117. The van der Waals surface area contributed by atoms with Gasteiger partial charge in [0.05, 0.1) is 19.8 Å². The maximum absolute atomic E-state index is 11.6. The minimum Gasteiger partial charge on any atom is -0.496 e. The van der Waals surface area contributed by atoms with Crippen LogP contribution in [0.3, 0.4) is 0 Å². The quantitative estimate of drug-likeness (QED) is 0.753. The fourth-order valence-corrected chi connectivity index (χ4v) is 1.50. The van der Waals surface area contributed by atoms with Crippen molar-refractivity contribution in [3.63, 3.8) is 0 Å². The number of benzene rings is 1. The molecule has 1 aromatic rings. The second-order valence-corrected chi connectivity index (χ2v) is 3.87. The van der Waals surface area contributed by atoms with Gasteiger partial charge in [0.1, 0.15) is 5.75 Å². The third-order valence-electron chi connectivity index (χ3n) is 2.61. The van der Waals surface area contributed by atoms with Crippen molar-refractivity contribution in [2.45, 2.75) is 19.4 Å². The Morgan fingerprint density at radius 2 is 2.22 bits per heavy atom.